The van der Waals surface area contributed by atoms with Crippen LogP contribution in [0.25, 0.3) is 0 Å². The lowest BCUT2D eigenvalue weighted by atomic mass is 9.89. The van der Waals surface area contributed by atoms with Gasteiger partial charge in [0.05, 0.1) is 11.8 Å². The van der Waals surface area contributed by atoms with E-state index >= 15 is 0 Å². The number of hydrogen-bond acceptors (Lipinski definition) is 3. The monoisotopic (exact) mass is 385 g/mol. The van der Waals surface area contributed by atoms with E-state index in [-0.39, 0.29) is 24.3 Å². The molecule has 0 bridgehead atoms. The fourth-order valence-corrected chi connectivity index (χ4v) is 4.15. The highest BCUT2D eigenvalue weighted by atomic mass is 35.5. The molecule has 0 spiro atoms. The summed E-state index contributed by atoms with van der Waals surface area (Å²) in [5.74, 6) is -1.22. The molecule has 1 amide bonds. The Balaban J connectivity index is 1.52. The predicted molar refractivity (Wildman–Crippen MR) is 101 cm³/mol. The van der Waals surface area contributed by atoms with Gasteiger partial charge in [-0.1, -0.05) is 41.9 Å². The van der Waals surface area contributed by atoms with Crippen molar-refractivity contribution in [3.05, 3.63) is 64.7 Å². The fraction of sp³-hybridized carbons (Fsp3) is 0.333. The summed E-state index contributed by atoms with van der Waals surface area (Å²) in [6.45, 7) is 0.949. The van der Waals surface area contributed by atoms with Crippen LogP contribution in [0.1, 0.15) is 17.0 Å². The quantitative estimate of drug-likeness (QED) is 0.880. The van der Waals surface area contributed by atoms with E-state index in [1.807, 2.05) is 36.4 Å². The van der Waals surface area contributed by atoms with Crippen LogP contribution >= 0.6 is 11.6 Å². The number of hydrogen-bond donors (Lipinski definition) is 1. The van der Waals surface area contributed by atoms with Gasteiger partial charge in [-0.15, -0.1) is 0 Å². The minimum absolute atomic E-state index is 0.0350. The van der Waals surface area contributed by atoms with Crippen molar-refractivity contribution in [2.24, 2.45) is 11.8 Å². The molecular weight excluding hydrogens is 366 g/mol. The molecule has 2 heterocycles. The summed E-state index contributed by atoms with van der Waals surface area (Å²) < 4.78 is 5.74. The number of carbonyl (C=O) groups is 2. The second-order valence-corrected chi connectivity index (χ2v) is 7.60. The van der Waals surface area contributed by atoms with Crippen LogP contribution in [0.15, 0.2) is 48.5 Å². The summed E-state index contributed by atoms with van der Waals surface area (Å²) in [7, 11) is 0. The van der Waals surface area contributed by atoms with Crippen LogP contribution in [-0.2, 0) is 16.0 Å². The molecular formula is C21H20ClNO4. The first kappa shape index (κ1) is 17.9. The maximum absolute atomic E-state index is 13.0. The average Bonchev–Trinajstić information content (AvgIpc) is 3.13. The molecule has 27 heavy (non-hydrogen) atoms. The average molecular weight is 386 g/mol. The molecule has 5 nitrogen and oxygen atoms in total. The third kappa shape index (κ3) is 3.52. The Morgan fingerprint density at radius 2 is 1.81 bits per heavy atom. The SMILES string of the molecule is O=C(O)[C@@H]1CN(C(=O)C2COc3ccccc3C2)C[C@H]1c1ccc(Cl)cc1. The predicted octanol–water partition coefficient (Wildman–Crippen LogP) is 3.22. The number of amides is 1. The first-order valence-corrected chi connectivity index (χ1v) is 9.38. The zero-order chi connectivity index (χ0) is 19.0. The fourth-order valence-electron chi connectivity index (χ4n) is 4.03. The molecule has 2 aromatic rings. The number of carboxylic acids is 1. The highest BCUT2D eigenvalue weighted by Crippen LogP contribution is 2.35. The van der Waals surface area contributed by atoms with Gasteiger partial charge >= 0.3 is 5.97 Å². The minimum atomic E-state index is -0.879. The molecule has 0 radical (unpaired) electrons. The number of ether oxygens (including phenoxy) is 1. The third-order valence-electron chi connectivity index (χ3n) is 5.48. The molecule has 1 N–H and O–H groups in total. The highest BCUT2D eigenvalue weighted by molar-refractivity contribution is 6.30. The number of aliphatic carboxylic acids is 1. The molecule has 140 valence electrons. The number of para-hydroxylation sites is 1. The van der Waals surface area contributed by atoms with Gasteiger partial charge in [0.25, 0.3) is 0 Å². The Labute approximate surface area is 162 Å². The number of nitrogens with zero attached hydrogens (tertiary/aromatic N) is 1. The molecule has 6 heteroatoms. The van der Waals surface area contributed by atoms with Crippen LogP contribution in [0.4, 0.5) is 0 Å². The smallest absolute Gasteiger partial charge is 0.308 e. The first-order valence-electron chi connectivity index (χ1n) is 9.00. The number of carboxylic acid groups (broad SMARTS) is 1. The van der Waals surface area contributed by atoms with E-state index in [0.717, 1.165) is 16.9 Å². The van der Waals surface area contributed by atoms with E-state index in [2.05, 4.69) is 0 Å². The van der Waals surface area contributed by atoms with Crippen LogP contribution in [-0.4, -0.2) is 41.6 Å². The van der Waals surface area contributed by atoms with Gasteiger partial charge in [0.2, 0.25) is 5.91 Å². The number of carbonyl (C=O) groups excluding carboxylic acids is 1. The van der Waals surface area contributed by atoms with Crippen molar-refractivity contribution in [3.63, 3.8) is 0 Å². The van der Waals surface area contributed by atoms with Gasteiger partial charge < -0.3 is 14.7 Å². The lowest BCUT2D eigenvalue weighted by Gasteiger charge is -2.28. The van der Waals surface area contributed by atoms with Gasteiger partial charge in [0.15, 0.2) is 0 Å². The van der Waals surface area contributed by atoms with E-state index in [4.69, 9.17) is 16.3 Å². The molecule has 3 atom stereocenters. The molecule has 2 aliphatic heterocycles. The van der Waals surface area contributed by atoms with Crippen molar-refractivity contribution in [2.45, 2.75) is 12.3 Å². The minimum Gasteiger partial charge on any atom is -0.492 e. The Morgan fingerprint density at radius 1 is 1.07 bits per heavy atom. The van der Waals surface area contributed by atoms with Gasteiger partial charge in [-0.2, -0.15) is 0 Å². The zero-order valence-corrected chi connectivity index (χ0v) is 15.4. The molecule has 1 unspecified atom stereocenters. The second-order valence-electron chi connectivity index (χ2n) is 7.17. The number of halogens is 1. The van der Waals surface area contributed by atoms with Crippen LogP contribution in [0.5, 0.6) is 5.75 Å². The maximum Gasteiger partial charge on any atom is 0.308 e. The van der Waals surface area contributed by atoms with Gasteiger partial charge in [0.1, 0.15) is 12.4 Å². The third-order valence-corrected chi connectivity index (χ3v) is 5.73. The lowest BCUT2D eigenvalue weighted by Crippen LogP contribution is -2.40. The van der Waals surface area contributed by atoms with Crippen LogP contribution in [0.3, 0.4) is 0 Å². The first-order chi connectivity index (χ1) is 13.0. The van der Waals surface area contributed by atoms with Crippen molar-refractivity contribution >= 4 is 23.5 Å². The number of fused-ring (bicyclic) bond motifs is 1. The normalized spacial score (nSPS) is 24.2. The Hall–Kier alpha value is -2.53. The van der Waals surface area contributed by atoms with E-state index in [1.54, 1.807) is 17.0 Å². The summed E-state index contributed by atoms with van der Waals surface area (Å²) in [5.41, 5.74) is 1.91. The van der Waals surface area contributed by atoms with Crippen molar-refractivity contribution in [1.82, 2.24) is 4.90 Å². The number of benzene rings is 2. The molecule has 4 rings (SSSR count). The molecule has 0 aliphatic carbocycles. The molecule has 1 fully saturated rings. The maximum atomic E-state index is 13.0. The number of rotatable bonds is 3. The van der Waals surface area contributed by atoms with Gasteiger partial charge in [0, 0.05) is 24.0 Å². The highest BCUT2D eigenvalue weighted by Gasteiger charge is 2.42. The van der Waals surface area contributed by atoms with Gasteiger partial charge in [-0.05, 0) is 35.7 Å². The van der Waals surface area contributed by atoms with E-state index in [1.165, 1.54) is 0 Å². The van der Waals surface area contributed by atoms with Gasteiger partial charge in [-0.3, -0.25) is 9.59 Å². The summed E-state index contributed by atoms with van der Waals surface area (Å²) in [5, 5.41) is 10.3. The molecule has 1 saturated heterocycles. The molecule has 2 aliphatic rings. The van der Waals surface area contributed by atoms with E-state index in [0.29, 0.717) is 24.6 Å². The number of likely N-dealkylation sites (tertiary alicyclic amines) is 1. The second kappa shape index (κ2) is 7.24. The lowest BCUT2D eigenvalue weighted by molar-refractivity contribution is -0.142. The summed E-state index contributed by atoms with van der Waals surface area (Å²) in [4.78, 5) is 26.5. The van der Waals surface area contributed by atoms with Crippen LogP contribution < -0.4 is 4.74 Å². The van der Waals surface area contributed by atoms with Gasteiger partial charge in [-0.25, -0.2) is 0 Å². The molecule has 2 aromatic carbocycles. The standard InChI is InChI=1S/C21H20ClNO4/c22-16-7-5-13(6-8-16)17-10-23(11-18(17)21(25)26)20(24)15-9-14-3-1-2-4-19(14)27-12-15/h1-8,15,17-18H,9-12H2,(H,25,26)/t15?,17-,18+/m0/s1. The van der Waals surface area contributed by atoms with Crippen molar-refractivity contribution in [2.75, 3.05) is 19.7 Å². The van der Waals surface area contributed by atoms with Crippen LogP contribution in [0.2, 0.25) is 5.02 Å². The van der Waals surface area contributed by atoms with Crippen molar-refractivity contribution in [3.8, 4) is 5.75 Å². The topological polar surface area (TPSA) is 66.8 Å². The Morgan fingerprint density at radius 3 is 2.56 bits per heavy atom. The Bertz CT molecular complexity index is 867. The largest absolute Gasteiger partial charge is 0.492 e. The van der Waals surface area contributed by atoms with E-state index < -0.39 is 11.9 Å². The van der Waals surface area contributed by atoms with E-state index in [9.17, 15) is 14.7 Å². The van der Waals surface area contributed by atoms with Crippen LogP contribution in [0, 0.1) is 11.8 Å². The summed E-state index contributed by atoms with van der Waals surface area (Å²) >= 11 is 5.94. The van der Waals surface area contributed by atoms with Crippen molar-refractivity contribution in [1.29, 1.82) is 0 Å². The van der Waals surface area contributed by atoms with Crippen molar-refractivity contribution < 1.29 is 19.4 Å². The zero-order valence-electron chi connectivity index (χ0n) is 14.7. The molecule has 0 aromatic heterocycles. The summed E-state index contributed by atoms with van der Waals surface area (Å²) in [6.07, 6.45) is 0.620. The Kier molecular flexibility index (Phi) is 4.79. The molecule has 0 saturated carbocycles. The summed E-state index contributed by atoms with van der Waals surface area (Å²) in [6, 6.07) is 14.9.